The lowest BCUT2D eigenvalue weighted by atomic mass is 9.67. The second-order valence-corrected chi connectivity index (χ2v) is 8.13. The van der Waals surface area contributed by atoms with Gasteiger partial charge in [0.15, 0.2) is 5.60 Å². The van der Waals surface area contributed by atoms with Crippen molar-refractivity contribution in [2.45, 2.75) is 64.6 Å². The summed E-state index contributed by atoms with van der Waals surface area (Å²) in [4.78, 5) is 25.4. The first kappa shape index (κ1) is 17.5. The number of hydrogen-bond acceptors (Lipinski definition) is 6. The Balaban J connectivity index is 1.90. The zero-order valence-electron chi connectivity index (χ0n) is 15.7. The van der Waals surface area contributed by atoms with Gasteiger partial charge in [0.25, 0.3) is 0 Å². The Morgan fingerprint density at radius 1 is 1.35 bits per heavy atom. The summed E-state index contributed by atoms with van der Waals surface area (Å²) in [5.41, 5.74) is -1.05. The van der Waals surface area contributed by atoms with Crippen molar-refractivity contribution in [1.29, 1.82) is 0 Å². The van der Waals surface area contributed by atoms with Crippen LogP contribution in [0.1, 0.15) is 41.0 Å². The number of aliphatic hydroxyl groups is 1. The highest BCUT2D eigenvalue weighted by molar-refractivity contribution is 6.00. The normalized spacial score (nSPS) is 49.3. The molecule has 0 amide bonds. The van der Waals surface area contributed by atoms with Crippen molar-refractivity contribution in [3.8, 4) is 0 Å². The van der Waals surface area contributed by atoms with Crippen molar-refractivity contribution in [2.75, 3.05) is 0 Å². The molecule has 4 aliphatic rings. The van der Waals surface area contributed by atoms with E-state index in [1.54, 1.807) is 39.8 Å². The van der Waals surface area contributed by atoms with E-state index in [0.29, 0.717) is 11.3 Å². The van der Waals surface area contributed by atoms with Gasteiger partial charge < -0.3 is 19.3 Å². The molecule has 0 aliphatic carbocycles. The van der Waals surface area contributed by atoms with Crippen LogP contribution in [0.25, 0.3) is 0 Å². The topological polar surface area (TPSA) is 82.1 Å². The van der Waals surface area contributed by atoms with Crippen LogP contribution in [-0.4, -0.2) is 40.5 Å². The SMILES string of the molecule is C/C=C(\C)[C@@]1(O)O[C@H]2C[C@@]3(C)OC(=CC3=O)/C(C)=C\[C@@H]3OC(=O)[C@@]1(C)[C@@H]32. The lowest BCUT2D eigenvalue weighted by Gasteiger charge is -2.35. The van der Waals surface area contributed by atoms with E-state index < -0.39 is 40.9 Å². The Morgan fingerprint density at radius 3 is 2.69 bits per heavy atom. The molecule has 140 valence electrons. The maximum atomic E-state index is 12.9. The van der Waals surface area contributed by atoms with Crippen LogP contribution < -0.4 is 0 Å². The molecular formula is C20H24O6. The van der Waals surface area contributed by atoms with Gasteiger partial charge in [0.05, 0.1) is 6.10 Å². The number of ketones is 1. The lowest BCUT2D eigenvalue weighted by Crippen LogP contribution is -2.49. The molecule has 6 nitrogen and oxygen atoms in total. The molecule has 0 unspecified atom stereocenters. The molecule has 0 aromatic heterocycles. The molecule has 2 bridgehead atoms. The van der Waals surface area contributed by atoms with E-state index in [9.17, 15) is 14.7 Å². The minimum atomic E-state index is -1.78. The third kappa shape index (κ3) is 1.89. The van der Waals surface area contributed by atoms with Crippen molar-refractivity contribution in [3.05, 3.63) is 35.1 Å². The van der Waals surface area contributed by atoms with Gasteiger partial charge >= 0.3 is 5.97 Å². The van der Waals surface area contributed by atoms with E-state index >= 15 is 0 Å². The number of carbonyl (C=O) groups is 2. The standard InChI is InChI=1S/C20H24O6/c1-6-11(3)20(23)19(5)16-13(24-17(19)22)7-10(2)12-8-15(21)18(4,25-12)9-14(16)26-20/h6-8,13-14,16,23H,9H2,1-5H3/b10-7-,11-6+/t13-,14-,16-,18+,19+,20+/m0/s1. The summed E-state index contributed by atoms with van der Waals surface area (Å²) >= 11 is 0. The van der Waals surface area contributed by atoms with E-state index in [2.05, 4.69) is 0 Å². The summed E-state index contributed by atoms with van der Waals surface area (Å²) in [5, 5.41) is 11.4. The van der Waals surface area contributed by atoms with Crippen LogP contribution in [0.15, 0.2) is 35.1 Å². The second-order valence-electron chi connectivity index (χ2n) is 8.13. The monoisotopic (exact) mass is 360 g/mol. The molecule has 2 fully saturated rings. The zero-order valence-corrected chi connectivity index (χ0v) is 15.7. The van der Waals surface area contributed by atoms with Gasteiger partial charge in [-0.15, -0.1) is 0 Å². The van der Waals surface area contributed by atoms with Gasteiger partial charge in [0, 0.05) is 18.4 Å². The maximum Gasteiger partial charge on any atom is 0.318 e. The molecular weight excluding hydrogens is 336 g/mol. The smallest absolute Gasteiger partial charge is 0.318 e. The molecule has 26 heavy (non-hydrogen) atoms. The van der Waals surface area contributed by atoms with E-state index in [1.807, 2.05) is 6.92 Å². The Kier molecular flexibility index (Phi) is 3.42. The van der Waals surface area contributed by atoms with Crippen molar-refractivity contribution in [1.82, 2.24) is 0 Å². The van der Waals surface area contributed by atoms with E-state index in [1.165, 1.54) is 6.08 Å². The van der Waals surface area contributed by atoms with E-state index in [4.69, 9.17) is 14.2 Å². The number of ether oxygens (including phenoxy) is 3. The molecule has 6 heteroatoms. The minimum absolute atomic E-state index is 0.132. The Bertz CT molecular complexity index is 807. The fourth-order valence-corrected chi connectivity index (χ4v) is 4.79. The van der Waals surface area contributed by atoms with E-state index in [0.717, 1.165) is 5.57 Å². The number of allylic oxidation sites excluding steroid dienone is 2. The first-order valence-electron chi connectivity index (χ1n) is 8.95. The number of esters is 1. The van der Waals surface area contributed by atoms with Crippen LogP contribution in [0, 0.1) is 11.3 Å². The third-order valence-electron chi connectivity index (χ3n) is 6.59. The van der Waals surface area contributed by atoms with Crippen LogP contribution in [0.2, 0.25) is 0 Å². The molecule has 4 rings (SSSR count). The van der Waals surface area contributed by atoms with Gasteiger partial charge in [-0.3, -0.25) is 9.59 Å². The summed E-state index contributed by atoms with van der Waals surface area (Å²) in [6, 6.07) is 0. The molecule has 0 aromatic carbocycles. The first-order chi connectivity index (χ1) is 12.1. The number of rotatable bonds is 1. The van der Waals surface area contributed by atoms with Crippen molar-refractivity contribution in [3.63, 3.8) is 0 Å². The highest BCUT2D eigenvalue weighted by Crippen LogP contribution is 2.60. The number of carbonyl (C=O) groups excluding carboxylic acids is 2. The fourth-order valence-electron chi connectivity index (χ4n) is 4.79. The summed E-state index contributed by atoms with van der Waals surface area (Å²) in [6.07, 6.45) is 4.15. The van der Waals surface area contributed by atoms with Gasteiger partial charge in [-0.25, -0.2) is 0 Å². The number of hydrogen-bond donors (Lipinski definition) is 1. The molecule has 4 heterocycles. The quantitative estimate of drug-likeness (QED) is 0.570. The highest BCUT2D eigenvalue weighted by atomic mass is 16.7. The van der Waals surface area contributed by atoms with Crippen molar-refractivity contribution < 1.29 is 28.9 Å². The number of fused-ring (bicyclic) bond motifs is 2. The lowest BCUT2D eigenvalue weighted by molar-refractivity contribution is -0.220. The first-order valence-corrected chi connectivity index (χ1v) is 8.95. The highest BCUT2D eigenvalue weighted by Gasteiger charge is 2.74. The van der Waals surface area contributed by atoms with Gasteiger partial charge in [-0.1, -0.05) is 6.08 Å². The molecule has 2 saturated heterocycles. The average Bonchev–Trinajstić information content (AvgIpc) is 3.09. The molecule has 6 atom stereocenters. The molecule has 4 aliphatic heterocycles. The van der Waals surface area contributed by atoms with Crippen LogP contribution >= 0.6 is 0 Å². The second kappa shape index (κ2) is 5.08. The minimum Gasteiger partial charge on any atom is -0.479 e. The fraction of sp³-hybridized carbons (Fsp3) is 0.600. The molecule has 1 N–H and O–H groups in total. The Labute approximate surface area is 152 Å². The average molecular weight is 360 g/mol. The molecule has 0 spiro atoms. The van der Waals surface area contributed by atoms with Crippen molar-refractivity contribution in [2.24, 2.45) is 11.3 Å². The van der Waals surface area contributed by atoms with Crippen LogP contribution in [0.3, 0.4) is 0 Å². The molecule has 0 aromatic rings. The van der Waals surface area contributed by atoms with Gasteiger partial charge in [0.1, 0.15) is 17.3 Å². The molecule has 0 saturated carbocycles. The largest absolute Gasteiger partial charge is 0.479 e. The van der Waals surface area contributed by atoms with Crippen LogP contribution in [-0.2, 0) is 23.8 Å². The van der Waals surface area contributed by atoms with Gasteiger partial charge in [0.2, 0.25) is 11.6 Å². The van der Waals surface area contributed by atoms with Gasteiger partial charge in [-0.05, 0) is 51.8 Å². The van der Waals surface area contributed by atoms with Crippen LogP contribution in [0.4, 0.5) is 0 Å². The predicted octanol–water partition coefficient (Wildman–Crippen LogP) is 2.18. The summed E-state index contributed by atoms with van der Waals surface area (Å²) in [5.74, 6) is -2.31. The summed E-state index contributed by atoms with van der Waals surface area (Å²) in [6.45, 7) is 8.76. The Morgan fingerprint density at radius 2 is 2.04 bits per heavy atom. The molecule has 0 radical (unpaired) electrons. The van der Waals surface area contributed by atoms with Crippen molar-refractivity contribution >= 4 is 11.8 Å². The Hall–Kier alpha value is -1.92. The third-order valence-corrected chi connectivity index (χ3v) is 6.59. The van der Waals surface area contributed by atoms with Crippen LogP contribution in [0.5, 0.6) is 0 Å². The maximum absolute atomic E-state index is 12.9. The predicted molar refractivity (Wildman–Crippen MR) is 91.7 cm³/mol. The zero-order chi connectivity index (χ0) is 19.1. The summed E-state index contributed by atoms with van der Waals surface area (Å²) in [7, 11) is 0. The summed E-state index contributed by atoms with van der Waals surface area (Å²) < 4.78 is 17.7. The van der Waals surface area contributed by atoms with E-state index in [-0.39, 0.29) is 12.2 Å². The van der Waals surface area contributed by atoms with Gasteiger partial charge in [-0.2, -0.15) is 0 Å².